The van der Waals surface area contributed by atoms with Gasteiger partial charge in [0, 0.05) is 13.7 Å². The molecular formula is C12H16N2O2. The molecule has 0 heterocycles. The highest BCUT2D eigenvalue weighted by atomic mass is 16.5. The van der Waals surface area contributed by atoms with E-state index >= 15 is 0 Å². The number of methoxy groups -OCH3 is 1. The molecule has 0 saturated heterocycles. The minimum Gasteiger partial charge on any atom is -0.396 e. The monoisotopic (exact) mass is 220 g/mol. The third-order valence-electron chi connectivity index (χ3n) is 2.25. The maximum Gasteiger partial charge on any atom is 0.101 e. The zero-order valence-corrected chi connectivity index (χ0v) is 9.31. The van der Waals surface area contributed by atoms with E-state index in [4.69, 9.17) is 15.1 Å². The fraction of sp³-hybridized carbons (Fsp3) is 0.417. The molecule has 1 aromatic rings. The van der Waals surface area contributed by atoms with Crippen molar-refractivity contribution in [2.24, 2.45) is 0 Å². The number of nitriles is 1. The first-order chi connectivity index (χ1) is 7.81. The van der Waals surface area contributed by atoms with E-state index in [1.54, 1.807) is 13.2 Å². The Hall–Kier alpha value is -1.57. The Labute approximate surface area is 95.5 Å². The molecule has 0 spiro atoms. The van der Waals surface area contributed by atoms with Gasteiger partial charge in [0.05, 0.1) is 23.9 Å². The van der Waals surface area contributed by atoms with Crippen LogP contribution in [0, 0.1) is 11.3 Å². The number of benzene rings is 1. The van der Waals surface area contributed by atoms with E-state index < -0.39 is 0 Å². The maximum atomic E-state index is 8.92. The van der Waals surface area contributed by atoms with Crippen LogP contribution in [0.3, 0.4) is 0 Å². The van der Waals surface area contributed by atoms with Gasteiger partial charge in [0.25, 0.3) is 0 Å². The predicted molar refractivity (Wildman–Crippen MR) is 62.1 cm³/mol. The van der Waals surface area contributed by atoms with Gasteiger partial charge in [0.15, 0.2) is 0 Å². The summed E-state index contributed by atoms with van der Waals surface area (Å²) in [4.78, 5) is 0. The van der Waals surface area contributed by atoms with Crippen molar-refractivity contribution in [3.8, 4) is 6.07 Å². The van der Waals surface area contributed by atoms with Crippen LogP contribution in [-0.2, 0) is 4.74 Å². The number of aliphatic hydroxyl groups is 1. The number of nitrogens with one attached hydrogen (secondary N) is 1. The maximum absolute atomic E-state index is 8.92. The summed E-state index contributed by atoms with van der Waals surface area (Å²) in [6.45, 7) is 0.593. The fourth-order valence-corrected chi connectivity index (χ4v) is 1.48. The second-order valence-corrected chi connectivity index (χ2v) is 3.47. The van der Waals surface area contributed by atoms with Crippen LogP contribution < -0.4 is 5.32 Å². The third-order valence-corrected chi connectivity index (χ3v) is 2.25. The molecule has 1 aromatic carbocycles. The quantitative estimate of drug-likeness (QED) is 0.760. The predicted octanol–water partition coefficient (Wildman–Crippen LogP) is 1.37. The van der Waals surface area contributed by atoms with Crippen molar-refractivity contribution in [2.45, 2.75) is 12.5 Å². The molecule has 1 unspecified atom stereocenters. The second-order valence-electron chi connectivity index (χ2n) is 3.47. The average molecular weight is 220 g/mol. The van der Waals surface area contributed by atoms with Gasteiger partial charge in [-0.25, -0.2) is 0 Å². The zero-order valence-electron chi connectivity index (χ0n) is 9.31. The van der Waals surface area contributed by atoms with Crippen molar-refractivity contribution in [1.82, 2.24) is 0 Å². The van der Waals surface area contributed by atoms with Gasteiger partial charge in [-0.15, -0.1) is 0 Å². The van der Waals surface area contributed by atoms with Crippen molar-refractivity contribution < 1.29 is 9.84 Å². The highest BCUT2D eigenvalue weighted by Gasteiger charge is 2.09. The Morgan fingerprint density at radius 3 is 2.88 bits per heavy atom. The number of ether oxygens (including phenoxy) is 1. The van der Waals surface area contributed by atoms with Gasteiger partial charge in [-0.3, -0.25) is 0 Å². The molecule has 4 nitrogen and oxygen atoms in total. The summed E-state index contributed by atoms with van der Waals surface area (Å²) in [5.41, 5.74) is 1.38. The lowest BCUT2D eigenvalue weighted by atomic mass is 10.1. The molecule has 0 amide bonds. The number of hydrogen-bond acceptors (Lipinski definition) is 4. The normalized spacial score (nSPS) is 11.8. The Bertz CT molecular complexity index is 354. The topological polar surface area (TPSA) is 65.3 Å². The van der Waals surface area contributed by atoms with Crippen molar-refractivity contribution in [2.75, 3.05) is 25.6 Å². The second kappa shape index (κ2) is 6.83. The molecule has 0 aromatic heterocycles. The molecule has 0 aliphatic carbocycles. The van der Waals surface area contributed by atoms with Gasteiger partial charge in [0.1, 0.15) is 6.07 Å². The van der Waals surface area contributed by atoms with Crippen LogP contribution in [0.4, 0.5) is 5.69 Å². The van der Waals surface area contributed by atoms with Gasteiger partial charge in [0.2, 0.25) is 0 Å². The minimum absolute atomic E-state index is 0.0181. The first-order valence-electron chi connectivity index (χ1n) is 5.17. The van der Waals surface area contributed by atoms with Crippen molar-refractivity contribution in [3.05, 3.63) is 29.8 Å². The van der Waals surface area contributed by atoms with E-state index in [0.717, 1.165) is 5.69 Å². The molecule has 1 rings (SSSR count). The van der Waals surface area contributed by atoms with E-state index in [0.29, 0.717) is 18.6 Å². The molecule has 0 bridgehead atoms. The summed E-state index contributed by atoms with van der Waals surface area (Å²) in [5.74, 6) is 0. The van der Waals surface area contributed by atoms with E-state index in [1.807, 2.05) is 18.2 Å². The molecule has 1 atom stereocenters. The first kappa shape index (κ1) is 12.5. The number of aliphatic hydroxyl groups excluding tert-OH is 1. The minimum atomic E-state index is 0.0181. The molecule has 16 heavy (non-hydrogen) atoms. The Morgan fingerprint density at radius 2 is 2.25 bits per heavy atom. The number of hydrogen-bond donors (Lipinski definition) is 2. The van der Waals surface area contributed by atoms with E-state index in [1.165, 1.54) is 0 Å². The Kier molecular flexibility index (Phi) is 5.34. The van der Waals surface area contributed by atoms with Gasteiger partial charge in [-0.2, -0.15) is 5.26 Å². The number of nitrogens with zero attached hydrogens (tertiary/aromatic N) is 1. The smallest absolute Gasteiger partial charge is 0.101 e. The molecular weight excluding hydrogens is 204 g/mol. The molecule has 0 aliphatic heterocycles. The lowest BCUT2D eigenvalue weighted by Crippen LogP contribution is -2.26. The van der Waals surface area contributed by atoms with Crippen LogP contribution in [0.15, 0.2) is 24.3 Å². The summed E-state index contributed by atoms with van der Waals surface area (Å²) in [7, 11) is 1.61. The summed E-state index contributed by atoms with van der Waals surface area (Å²) in [6, 6.07) is 9.43. The lowest BCUT2D eigenvalue weighted by molar-refractivity contribution is 0.170. The van der Waals surface area contributed by atoms with Crippen molar-refractivity contribution in [3.63, 3.8) is 0 Å². The highest BCUT2D eigenvalue weighted by molar-refractivity contribution is 5.57. The van der Waals surface area contributed by atoms with E-state index in [9.17, 15) is 0 Å². The highest BCUT2D eigenvalue weighted by Crippen LogP contribution is 2.15. The Morgan fingerprint density at radius 1 is 1.50 bits per heavy atom. The molecule has 0 aliphatic rings. The molecule has 0 fully saturated rings. The first-order valence-corrected chi connectivity index (χ1v) is 5.17. The summed E-state index contributed by atoms with van der Waals surface area (Å²) < 4.78 is 5.05. The van der Waals surface area contributed by atoms with E-state index in [2.05, 4.69) is 11.4 Å². The Balaban J connectivity index is 2.72. The summed E-state index contributed by atoms with van der Waals surface area (Å²) >= 11 is 0. The zero-order chi connectivity index (χ0) is 11.8. The lowest BCUT2D eigenvalue weighted by Gasteiger charge is -2.18. The van der Waals surface area contributed by atoms with Gasteiger partial charge in [-0.05, 0) is 18.6 Å². The summed E-state index contributed by atoms with van der Waals surface area (Å²) in [6.07, 6.45) is 0.591. The molecule has 2 N–H and O–H groups in total. The average Bonchev–Trinajstić information content (AvgIpc) is 2.30. The van der Waals surface area contributed by atoms with Gasteiger partial charge >= 0.3 is 0 Å². The molecule has 4 heteroatoms. The standard InChI is InChI=1S/C12H16N2O2/c1-16-9-11(6-7-15)14-12-5-3-2-4-10(12)8-13/h2-5,11,14-15H,6-7,9H2,1H3. The molecule has 86 valence electrons. The number of anilines is 1. The largest absolute Gasteiger partial charge is 0.396 e. The van der Waals surface area contributed by atoms with Gasteiger partial charge < -0.3 is 15.2 Å². The SMILES string of the molecule is COCC(CCO)Nc1ccccc1C#N. The molecule has 0 radical (unpaired) electrons. The van der Waals surface area contributed by atoms with Crippen LogP contribution in [0.2, 0.25) is 0 Å². The van der Waals surface area contributed by atoms with Gasteiger partial charge in [-0.1, -0.05) is 12.1 Å². The number of para-hydroxylation sites is 1. The van der Waals surface area contributed by atoms with Crippen molar-refractivity contribution in [1.29, 1.82) is 5.26 Å². The van der Waals surface area contributed by atoms with Crippen molar-refractivity contribution >= 4 is 5.69 Å². The van der Waals surface area contributed by atoms with E-state index in [-0.39, 0.29) is 12.6 Å². The van der Waals surface area contributed by atoms with Crippen LogP contribution >= 0.6 is 0 Å². The van der Waals surface area contributed by atoms with Crippen LogP contribution in [-0.4, -0.2) is 31.5 Å². The molecule has 0 saturated carbocycles. The van der Waals surface area contributed by atoms with Crippen LogP contribution in [0.25, 0.3) is 0 Å². The van der Waals surface area contributed by atoms with Crippen LogP contribution in [0.5, 0.6) is 0 Å². The number of rotatable bonds is 6. The fourth-order valence-electron chi connectivity index (χ4n) is 1.48. The summed E-state index contributed by atoms with van der Waals surface area (Å²) in [5, 5.41) is 21.0. The third kappa shape index (κ3) is 3.54. The van der Waals surface area contributed by atoms with Crippen LogP contribution in [0.1, 0.15) is 12.0 Å².